The number of carboxylic acid groups (broad SMARTS) is 4. The zero-order valence-corrected chi connectivity index (χ0v) is 10.4. The molecule has 0 spiro atoms. The first-order valence-corrected chi connectivity index (χ1v) is 5.30. The van der Waals surface area contributed by atoms with Gasteiger partial charge < -0.3 is 30.3 Å². The molecule has 0 amide bonds. The molecular weight excluding hydrogens is 296 g/mol. The second-order valence-electron chi connectivity index (χ2n) is 3.98. The van der Waals surface area contributed by atoms with Crippen LogP contribution in [0.2, 0.25) is 0 Å². The van der Waals surface area contributed by atoms with Crippen molar-refractivity contribution >= 4 is 29.8 Å². The van der Waals surface area contributed by atoms with Gasteiger partial charge in [0.25, 0.3) is 0 Å². The first-order valence-electron chi connectivity index (χ1n) is 5.30. The molecule has 0 aliphatic heterocycles. The molecule has 11 nitrogen and oxygen atoms in total. The van der Waals surface area contributed by atoms with E-state index in [0.717, 1.165) is 0 Å². The van der Waals surface area contributed by atoms with E-state index in [9.17, 15) is 24.0 Å². The molecule has 0 saturated carbocycles. The molecule has 0 aliphatic carbocycles. The number of carbonyl (C=O) groups is 5. The van der Waals surface area contributed by atoms with Crippen molar-refractivity contribution in [3.63, 3.8) is 0 Å². The Bertz CT molecular complexity index is 450. The highest BCUT2D eigenvalue weighted by Crippen LogP contribution is 2.23. The zero-order valence-electron chi connectivity index (χ0n) is 10.4. The van der Waals surface area contributed by atoms with E-state index >= 15 is 0 Å². The Balaban J connectivity index is 5.33. The van der Waals surface area contributed by atoms with Crippen LogP contribution in [0.4, 0.5) is 0 Å². The average molecular weight is 308 g/mol. The predicted octanol–water partition coefficient (Wildman–Crippen LogP) is -1.86. The lowest BCUT2D eigenvalue weighted by Gasteiger charge is -2.27. The molecule has 0 saturated heterocycles. The summed E-state index contributed by atoms with van der Waals surface area (Å²) in [5.41, 5.74) is -2.95. The molecule has 0 aromatic carbocycles. The van der Waals surface area contributed by atoms with E-state index < -0.39 is 60.8 Å². The van der Waals surface area contributed by atoms with Crippen LogP contribution in [-0.2, 0) is 28.7 Å². The summed E-state index contributed by atoms with van der Waals surface area (Å²) in [5.74, 6) is -8.93. The van der Waals surface area contributed by atoms with Crippen LogP contribution < -0.4 is 0 Å². The normalized spacial score (nSPS) is 12.2. The van der Waals surface area contributed by atoms with Crippen LogP contribution >= 0.6 is 0 Å². The average Bonchev–Trinajstić information content (AvgIpc) is 2.25. The maximum absolute atomic E-state index is 11.4. The largest absolute Gasteiger partial charge is 0.481 e. The molecule has 118 valence electrons. The van der Waals surface area contributed by atoms with Gasteiger partial charge in [-0.05, 0) is 0 Å². The molecule has 0 aromatic heterocycles. The molecule has 11 heteroatoms. The predicted molar refractivity (Wildman–Crippen MR) is 59.2 cm³/mol. The number of ether oxygens (including phenoxy) is 1. The number of carboxylic acids is 4. The second kappa shape index (κ2) is 7.19. The summed E-state index contributed by atoms with van der Waals surface area (Å²) in [6, 6.07) is 0. The van der Waals surface area contributed by atoms with Crippen molar-refractivity contribution in [1.82, 2.24) is 0 Å². The summed E-state index contributed by atoms with van der Waals surface area (Å²) in [4.78, 5) is 54.0. The van der Waals surface area contributed by atoms with Gasteiger partial charge in [0.2, 0.25) is 5.60 Å². The SMILES string of the molecule is O=C(O)CC(O)C(=O)OC(CC(=O)O)(CC(=O)O)C(=O)O. The van der Waals surface area contributed by atoms with Gasteiger partial charge in [-0.3, -0.25) is 14.4 Å². The highest BCUT2D eigenvalue weighted by Gasteiger charge is 2.48. The summed E-state index contributed by atoms with van der Waals surface area (Å²) in [6.07, 6.45) is -6.13. The Labute approximate surface area is 116 Å². The van der Waals surface area contributed by atoms with Gasteiger partial charge in [0.15, 0.2) is 6.10 Å². The van der Waals surface area contributed by atoms with Crippen molar-refractivity contribution in [1.29, 1.82) is 0 Å². The summed E-state index contributed by atoms with van der Waals surface area (Å²) < 4.78 is 4.27. The lowest BCUT2D eigenvalue weighted by atomic mass is 9.95. The molecule has 0 aliphatic rings. The van der Waals surface area contributed by atoms with Crippen LogP contribution in [0.1, 0.15) is 19.3 Å². The first kappa shape index (κ1) is 18.3. The molecule has 21 heavy (non-hydrogen) atoms. The molecule has 1 atom stereocenters. The highest BCUT2D eigenvalue weighted by molar-refractivity contribution is 5.91. The van der Waals surface area contributed by atoms with Crippen molar-refractivity contribution in [2.45, 2.75) is 31.0 Å². The number of aliphatic carboxylic acids is 4. The summed E-state index contributed by atoms with van der Waals surface area (Å²) in [5, 5.41) is 43.7. The fraction of sp³-hybridized carbons (Fsp3) is 0.500. The third kappa shape index (κ3) is 5.86. The fourth-order valence-corrected chi connectivity index (χ4v) is 1.33. The van der Waals surface area contributed by atoms with E-state index in [1.807, 2.05) is 0 Å². The number of carbonyl (C=O) groups excluding carboxylic acids is 1. The lowest BCUT2D eigenvalue weighted by Crippen LogP contribution is -2.48. The van der Waals surface area contributed by atoms with Crippen LogP contribution in [0.5, 0.6) is 0 Å². The van der Waals surface area contributed by atoms with Gasteiger partial charge >= 0.3 is 29.8 Å². The molecule has 0 rings (SSSR count). The third-order valence-corrected chi connectivity index (χ3v) is 2.20. The quantitative estimate of drug-likeness (QED) is 0.299. The van der Waals surface area contributed by atoms with Crippen LogP contribution in [-0.4, -0.2) is 67.1 Å². The Morgan fingerprint density at radius 1 is 0.857 bits per heavy atom. The number of aliphatic hydroxyl groups is 1. The van der Waals surface area contributed by atoms with Crippen LogP contribution in [0.15, 0.2) is 0 Å². The van der Waals surface area contributed by atoms with E-state index in [4.69, 9.17) is 25.5 Å². The van der Waals surface area contributed by atoms with E-state index in [2.05, 4.69) is 4.74 Å². The standard InChI is InChI=1S/C10H12O11/c11-4(1-5(12)13)8(18)21-10(9(19)20,2-6(14)15)3-7(16)17/h4,11H,1-3H2,(H,12,13)(H,14,15)(H,16,17)(H,19,20). The van der Waals surface area contributed by atoms with Crippen molar-refractivity contribution in [3.8, 4) is 0 Å². The number of hydrogen-bond acceptors (Lipinski definition) is 7. The number of rotatable bonds is 9. The zero-order chi connectivity index (χ0) is 16.8. The minimum absolute atomic E-state index is 1.12. The molecular formula is C10H12O11. The molecule has 0 radical (unpaired) electrons. The number of hydrogen-bond donors (Lipinski definition) is 5. The maximum atomic E-state index is 11.4. The Hall–Kier alpha value is -2.69. The molecule has 0 aromatic rings. The smallest absolute Gasteiger partial charge is 0.349 e. The Morgan fingerprint density at radius 2 is 1.29 bits per heavy atom. The Morgan fingerprint density at radius 3 is 1.57 bits per heavy atom. The van der Waals surface area contributed by atoms with Gasteiger partial charge in [-0.2, -0.15) is 0 Å². The Kier molecular flexibility index (Phi) is 6.27. The first-order chi connectivity index (χ1) is 9.50. The van der Waals surface area contributed by atoms with Crippen molar-refractivity contribution in [3.05, 3.63) is 0 Å². The molecule has 0 fully saturated rings. The molecule has 5 N–H and O–H groups in total. The van der Waals surface area contributed by atoms with E-state index in [1.165, 1.54) is 0 Å². The number of esters is 1. The molecule has 0 heterocycles. The molecule has 0 bridgehead atoms. The molecule has 1 unspecified atom stereocenters. The summed E-state index contributed by atoms with van der Waals surface area (Å²) >= 11 is 0. The minimum atomic E-state index is -2.95. The van der Waals surface area contributed by atoms with Crippen molar-refractivity contribution < 1.29 is 54.2 Å². The summed E-state index contributed by atoms with van der Waals surface area (Å²) in [7, 11) is 0. The lowest BCUT2D eigenvalue weighted by molar-refractivity contribution is -0.191. The van der Waals surface area contributed by atoms with E-state index in [0.29, 0.717) is 0 Å². The summed E-state index contributed by atoms with van der Waals surface area (Å²) in [6.45, 7) is 0. The van der Waals surface area contributed by atoms with Crippen molar-refractivity contribution in [2.75, 3.05) is 0 Å². The van der Waals surface area contributed by atoms with Gasteiger partial charge in [-0.1, -0.05) is 0 Å². The monoisotopic (exact) mass is 308 g/mol. The van der Waals surface area contributed by atoms with Crippen molar-refractivity contribution in [2.24, 2.45) is 0 Å². The highest BCUT2D eigenvalue weighted by atomic mass is 16.6. The topological polar surface area (TPSA) is 196 Å². The number of aliphatic hydroxyl groups excluding tert-OH is 1. The maximum Gasteiger partial charge on any atom is 0.349 e. The van der Waals surface area contributed by atoms with Gasteiger partial charge in [0.05, 0.1) is 19.3 Å². The van der Waals surface area contributed by atoms with Gasteiger partial charge in [-0.15, -0.1) is 0 Å². The van der Waals surface area contributed by atoms with Crippen LogP contribution in [0.3, 0.4) is 0 Å². The van der Waals surface area contributed by atoms with E-state index in [-0.39, 0.29) is 0 Å². The van der Waals surface area contributed by atoms with Crippen LogP contribution in [0.25, 0.3) is 0 Å². The third-order valence-electron chi connectivity index (χ3n) is 2.20. The van der Waals surface area contributed by atoms with Gasteiger partial charge in [-0.25, -0.2) is 9.59 Å². The van der Waals surface area contributed by atoms with Crippen LogP contribution in [0, 0.1) is 0 Å². The minimum Gasteiger partial charge on any atom is -0.481 e. The fourth-order valence-electron chi connectivity index (χ4n) is 1.33. The van der Waals surface area contributed by atoms with E-state index in [1.54, 1.807) is 0 Å². The van der Waals surface area contributed by atoms with Gasteiger partial charge in [0, 0.05) is 0 Å². The second-order valence-corrected chi connectivity index (χ2v) is 3.98. The van der Waals surface area contributed by atoms with Gasteiger partial charge in [0.1, 0.15) is 0 Å².